The van der Waals surface area contributed by atoms with Crippen molar-refractivity contribution in [2.45, 2.75) is 30.6 Å². The van der Waals surface area contributed by atoms with Crippen LogP contribution in [0.3, 0.4) is 0 Å². The van der Waals surface area contributed by atoms with Crippen molar-refractivity contribution in [1.82, 2.24) is 5.43 Å². The molecule has 0 aromatic heterocycles. The number of aliphatic hydroxyl groups is 4. The molecule has 1 aliphatic rings. The van der Waals surface area contributed by atoms with Gasteiger partial charge in [0.25, 0.3) is 0 Å². The minimum absolute atomic E-state index is 0.231. The number of benzene rings is 1. The Balaban J connectivity index is 2.08. The molecular formula is C12H15Cl3N2O5. The number of hydrazine groups is 1. The van der Waals surface area contributed by atoms with Gasteiger partial charge in [0.05, 0.1) is 22.3 Å². The number of halogens is 3. The van der Waals surface area contributed by atoms with Crippen LogP contribution in [-0.2, 0) is 4.74 Å². The molecule has 1 aromatic rings. The monoisotopic (exact) mass is 372 g/mol. The van der Waals surface area contributed by atoms with Crippen LogP contribution in [0.25, 0.3) is 0 Å². The highest BCUT2D eigenvalue weighted by Crippen LogP contribution is 2.33. The zero-order valence-corrected chi connectivity index (χ0v) is 13.3. The number of rotatable bonds is 4. The van der Waals surface area contributed by atoms with Gasteiger partial charge in [-0.05, 0) is 12.1 Å². The first kappa shape index (κ1) is 18.0. The molecule has 2 rings (SSSR count). The molecular weight excluding hydrogens is 359 g/mol. The molecule has 0 amide bonds. The first-order chi connectivity index (χ1) is 10.3. The quantitative estimate of drug-likeness (QED) is 0.422. The van der Waals surface area contributed by atoms with Gasteiger partial charge in [0.15, 0.2) is 6.23 Å². The summed E-state index contributed by atoms with van der Waals surface area (Å²) in [5.74, 6) is 0. The molecule has 1 heterocycles. The molecule has 1 aromatic carbocycles. The van der Waals surface area contributed by atoms with Gasteiger partial charge >= 0.3 is 0 Å². The van der Waals surface area contributed by atoms with E-state index in [4.69, 9.17) is 44.6 Å². The fourth-order valence-corrected chi connectivity index (χ4v) is 2.94. The van der Waals surface area contributed by atoms with Gasteiger partial charge in [-0.3, -0.25) is 0 Å². The van der Waals surface area contributed by atoms with Crippen LogP contribution >= 0.6 is 34.8 Å². The van der Waals surface area contributed by atoms with E-state index in [0.717, 1.165) is 0 Å². The van der Waals surface area contributed by atoms with Crippen LogP contribution in [0.1, 0.15) is 0 Å². The van der Waals surface area contributed by atoms with Gasteiger partial charge in [0.1, 0.15) is 24.4 Å². The summed E-state index contributed by atoms with van der Waals surface area (Å²) in [5, 5.41) is 39.2. The molecule has 124 valence electrons. The highest BCUT2D eigenvalue weighted by molar-refractivity contribution is 6.41. The number of anilines is 1. The van der Waals surface area contributed by atoms with E-state index in [1.807, 2.05) is 0 Å². The Hall–Kier alpha value is -0.350. The molecule has 0 bridgehead atoms. The Morgan fingerprint density at radius 1 is 1.00 bits per heavy atom. The molecule has 10 heteroatoms. The molecule has 7 nitrogen and oxygen atoms in total. The average Bonchev–Trinajstić information content (AvgIpc) is 2.46. The number of ether oxygens (including phenoxy) is 1. The summed E-state index contributed by atoms with van der Waals surface area (Å²) in [5.41, 5.74) is 5.54. The second-order valence-electron chi connectivity index (χ2n) is 4.76. The van der Waals surface area contributed by atoms with Gasteiger partial charge in [-0.1, -0.05) is 34.8 Å². The number of nitrogens with one attached hydrogen (secondary N) is 2. The molecule has 1 aliphatic heterocycles. The van der Waals surface area contributed by atoms with Crippen molar-refractivity contribution in [3.05, 3.63) is 27.2 Å². The summed E-state index contributed by atoms with van der Waals surface area (Å²) in [4.78, 5) is 0. The predicted molar refractivity (Wildman–Crippen MR) is 82.0 cm³/mol. The first-order valence-electron chi connectivity index (χ1n) is 6.31. The summed E-state index contributed by atoms with van der Waals surface area (Å²) >= 11 is 17.8. The third kappa shape index (κ3) is 3.76. The maximum absolute atomic E-state index is 9.88. The molecule has 1 fully saturated rings. The Morgan fingerprint density at radius 2 is 1.59 bits per heavy atom. The fraction of sp³-hybridized carbons (Fsp3) is 0.500. The number of hydrogen-bond donors (Lipinski definition) is 6. The normalized spacial score (nSPS) is 32.0. The lowest BCUT2D eigenvalue weighted by atomic mass is 9.99. The van der Waals surface area contributed by atoms with Gasteiger partial charge in [0, 0.05) is 5.02 Å². The second kappa shape index (κ2) is 7.48. The van der Waals surface area contributed by atoms with Crippen molar-refractivity contribution in [2.75, 3.05) is 12.0 Å². The fourth-order valence-electron chi connectivity index (χ4n) is 2.03. The highest BCUT2D eigenvalue weighted by atomic mass is 35.5. The van der Waals surface area contributed by atoms with E-state index in [1.165, 1.54) is 12.1 Å². The summed E-state index contributed by atoms with van der Waals surface area (Å²) in [6.07, 6.45) is -6.48. The molecule has 0 aliphatic carbocycles. The van der Waals surface area contributed by atoms with Gasteiger partial charge in [-0.2, -0.15) is 0 Å². The van der Waals surface area contributed by atoms with E-state index in [2.05, 4.69) is 10.9 Å². The lowest BCUT2D eigenvalue weighted by molar-refractivity contribution is -0.235. The molecule has 22 heavy (non-hydrogen) atoms. The van der Waals surface area contributed by atoms with Crippen molar-refractivity contribution in [3.63, 3.8) is 0 Å². The Labute approximate surface area is 141 Å². The van der Waals surface area contributed by atoms with Crippen LogP contribution in [0.2, 0.25) is 15.1 Å². The SMILES string of the molecule is OC[C@H]1O[C@@H](NNc2c(Cl)cc(Cl)cc2Cl)[C@H](O)[C@@H](O)[C@H]1O. The third-order valence-corrected chi connectivity index (χ3v) is 4.05. The summed E-state index contributed by atoms with van der Waals surface area (Å²) in [6.45, 7) is -0.522. The van der Waals surface area contributed by atoms with E-state index in [-0.39, 0.29) is 10.0 Å². The van der Waals surface area contributed by atoms with E-state index >= 15 is 0 Å². The maximum atomic E-state index is 9.88. The smallest absolute Gasteiger partial charge is 0.153 e. The van der Waals surface area contributed by atoms with Crippen molar-refractivity contribution < 1.29 is 25.2 Å². The summed E-state index contributed by atoms with van der Waals surface area (Å²) in [7, 11) is 0. The van der Waals surface area contributed by atoms with Crippen LogP contribution in [0.4, 0.5) is 5.69 Å². The van der Waals surface area contributed by atoms with Gasteiger partial charge in [0.2, 0.25) is 0 Å². The van der Waals surface area contributed by atoms with Gasteiger partial charge in [-0.15, -0.1) is 0 Å². The predicted octanol–water partition coefficient (Wildman–Crippen LogP) is 0.363. The molecule has 0 saturated carbocycles. The minimum Gasteiger partial charge on any atom is -0.394 e. The van der Waals surface area contributed by atoms with Crippen LogP contribution in [0.5, 0.6) is 0 Å². The Bertz CT molecular complexity index is 510. The highest BCUT2D eigenvalue weighted by Gasteiger charge is 2.43. The Morgan fingerprint density at radius 3 is 2.14 bits per heavy atom. The van der Waals surface area contributed by atoms with Gasteiger partial charge in [-0.25, -0.2) is 5.43 Å². The van der Waals surface area contributed by atoms with Crippen LogP contribution in [-0.4, -0.2) is 57.7 Å². The number of hydrogen-bond acceptors (Lipinski definition) is 7. The molecule has 0 spiro atoms. The molecule has 0 radical (unpaired) electrons. The zero-order chi connectivity index (χ0) is 16.4. The molecule has 0 unspecified atom stereocenters. The third-order valence-electron chi connectivity index (χ3n) is 3.24. The van der Waals surface area contributed by atoms with E-state index in [9.17, 15) is 15.3 Å². The van der Waals surface area contributed by atoms with Crippen molar-refractivity contribution in [2.24, 2.45) is 0 Å². The molecule has 1 saturated heterocycles. The molecule has 6 N–H and O–H groups in total. The minimum atomic E-state index is -1.48. The first-order valence-corrected chi connectivity index (χ1v) is 7.45. The van der Waals surface area contributed by atoms with E-state index in [1.54, 1.807) is 0 Å². The summed E-state index contributed by atoms with van der Waals surface area (Å²) < 4.78 is 5.26. The second-order valence-corrected chi connectivity index (χ2v) is 6.01. The zero-order valence-electron chi connectivity index (χ0n) is 11.1. The Kier molecular flexibility index (Phi) is 6.12. The van der Waals surface area contributed by atoms with Crippen molar-refractivity contribution in [3.8, 4) is 0 Å². The van der Waals surface area contributed by atoms with Crippen LogP contribution in [0.15, 0.2) is 12.1 Å². The van der Waals surface area contributed by atoms with E-state index < -0.39 is 37.3 Å². The van der Waals surface area contributed by atoms with Crippen LogP contribution in [0, 0.1) is 0 Å². The maximum Gasteiger partial charge on any atom is 0.153 e. The summed E-state index contributed by atoms with van der Waals surface area (Å²) in [6, 6.07) is 2.93. The largest absolute Gasteiger partial charge is 0.394 e. The van der Waals surface area contributed by atoms with Gasteiger partial charge < -0.3 is 30.6 Å². The van der Waals surface area contributed by atoms with Crippen molar-refractivity contribution >= 4 is 40.5 Å². The average molecular weight is 374 g/mol. The van der Waals surface area contributed by atoms with Crippen molar-refractivity contribution in [1.29, 1.82) is 0 Å². The standard InChI is InChI=1S/C12H15Cl3N2O5/c13-4-1-5(14)8(6(15)2-4)16-17-12-11(21)10(20)9(19)7(3-18)22-12/h1-2,7,9-12,16-21H,3H2/t7-,9+,10+,11-,12-/m1/s1. The lowest BCUT2D eigenvalue weighted by Gasteiger charge is -2.40. The van der Waals surface area contributed by atoms with E-state index in [0.29, 0.717) is 10.7 Å². The number of aliphatic hydroxyl groups excluding tert-OH is 4. The van der Waals surface area contributed by atoms with Crippen LogP contribution < -0.4 is 10.9 Å². The lowest BCUT2D eigenvalue weighted by Crippen LogP contribution is -2.63. The topological polar surface area (TPSA) is 114 Å². The molecule has 5 atom stereocenters.